The Morgan fingerprint density at radius 3 is 2.56 bits per heavy atom. The number of amides is 1. The molecule has 18 heavy (non-hydrogen) atoms. The number of carbonyl (C=O) groups is 1. The van der Waals surface area contributed by atoms with Gasteiger partial charge in [-0.25, -0.2) is 0 Å². The highest BCUT2D eigenvalue weighted by Gasteiger charge is 2.35. The van der Waals surface area contributed by atoms with Gasteiger partial charge >= 0.3 is 0 Å². The number of carbonyl (C=O) groups excluding carboxylic acids is 1. The summed E-state index contributed by atoms with van der Waals surface area (Å²) in [4.78, 5) is 15.7. The fourth-order valence-electron chi connectivity index (χ4n) is 2.96. The predicted octanol–water partition coefficient (Wildman–Crippen LogP) is 1.12. The number of hydrogen-bond donors (Lipinski definition) is 2. The van der Waals surface area contributed by atoms with Crippen LogP contribution in [0.25, 0.3) is 0 Å². The molecule has 5 heteroatoms. The third-order valence-electron chi connectivity index (χ3n) is 4.04. The summed E-state index contributed by atoms with van der Waals surface area (Å²) in [5.41, 5.74) is 6.12. The van der Waals surface area contributed by atoms with Gasteiger partial charge in [-0.2, -0.15) is 0 Å². The first-order valence-electron chi connectivity index (χ1n) is 6.61. The van der Waals surface area contributed by atoms with Gasteiger partial charge in [-0.15, -0.1) is 0 Å². The maximum Gasteiger partial charge on any atom is 0.231 e. The number of nitrogens with one attached hydrogen (secondary N) is 1. The Balaban J connectivity index is 2.30. The van der Waals surface area contributed by atoms with E-state index in [9.17, 15) is 4.79 Å². The molecule has 0 unspecified atom stereocenters. The molecule has 1 heterocycles. The van der Waals surface area contributed by atoms with Gasteiger partial charge in [-0.1, -0.05) is 19.8 Å². The summed E-state index contributed by atoms with van der Waals surface area (Å²) < 4.78 is 0. The van der Waals surface area contributed by atoms with Gasteiger partial charge in [0.05, 0.1) is 5.92 Å². The van der Waals surface area contributed by atoms with Gasteiger partial charge in [0.1, 0.15) is 11.5 Å². The molecule has 2 fully saturated rings. The molecule has 0 aromatic carbocycles. The molecule has 0 bridgehead atoms. The second kappa shape index (κ2) is 5.00. The van der Waals surface area contributed by atoms with Crippen molar-refractivity contribution < 1.29 is 4.79 Å². The molecule has 0 radical (unpaired) electrons. The van der Waals surface area contributed by atoms with Gasteiger partial charge < -0.3 is 15.5 Å². The van der Waals surface area contributed by atoms with Gasteiger partial charge in [-0.05, 0) is 12.8 Å². The zero-order chi connectivity index (χ0) is 13.3. The number of nitrogens with two attached hydrogens (primary N) is 1. The Morgan fingerprint density at radius 1 is 1.39 bits per heavy atom. The molecule has 1 aliphatic heterocycles. The second-order valence-corrected chi connectivity index (χ2v) is 5.29. The molecular weight excluding hydrogens is 228 g/mol. The van der Waals surface area contributed by atoms with Crippen molar-refractivity contribution in [2.75, 3.05) is 13.6 Å². The molecule has 1 saturated carbocycles. The van der Waals surface area contributed by atoms with Crippen LogP contribution in [0.3, 0.4) is 0 Å². The highest BCUT2D eigenvalue weighted by molar-refractivity contribution is 6.01. The van der Waals surface area contributed by atoms with E-state index in [1.807, 2.05) is 6.92 Å². The maximum absolute atomic E-state index is 12.1. The molecule has 2 aliphatic rings. The molecule has 1 atom stereocenters. The monoisotopic (exact) mass is 250 g/mol. The average Bonchev–Trinajstić information content (AvgIpc) is 2.86. The van der Waals surface area contributed by atoms with Crippen LogP contribution in [0.2, 0.25) is 0 Å². The minimum Gasteiger partial charge on any atom is -0.403 e. The molecule has 5 nitrogen and oxygen atoms in total. The van der Waals surface area contributed by atoms with Crippen LogP contribution in [0.4, 0.5) is 0 Å². The van der Waals surface area contributed by atoms with Crippen LogP contribution in [0.5, 0.6) is 0 Å². The van der Waals surface area contributed by atoms with E-state index >= 15 is 0 Å². The Kier molecular flexibility index (Phi) is 3.59. The maximum atomic E-state index is 12.1. The van der Waals surface area contributed by atoms with Crippen LogP contribution >= 0.6 is 0 Å². The van der Waals surface area contributed by atoms with E-state index in [-0.39, 0.29) is 11.8 Å². The summed E-state index contributed by atoms with van der Waals surface area (Å²) in [6.07, 6.45) is 6.04. The largest absolute Gasteiger partial charge is 0.403 e. The normalized spacial score (nSPS) is 29.2. The van der Waals surface area contributed by atoms with Crippen molar-refractivity contribution >= 4 is 11.7 Å². The Hall–Kier alpha value is -1.52. The van der Waals surface area contributed by atoms with Gasteiger partial charge in [0.2, 0.25) is 5.91 Å². The van der Waals surface area contributed by atoms with Crippen molar-refractivity contribution in [1.29, 1.82) is 5.41 Å². The first-order valence-corrected chi connectivity index (χ1v) is 6.61. The lowest BCUT2D eigenvalue weighted by Gasteiger charge is -2.31. The fraction of sp³-hybridized carbons (Fsp3) is 0.692. The van der Waals surface area contributed by atoms with E-state index in [4.69, 9.17) is 11.1 Å². The minimum atomic E-state index is -0.0894. The van der Waals surface area contributed by atoms with Crippen LogP contribution in [-0.4, -0.2) is 41.2 Å². The van der Waals surface area contributed by atoms with Crippen LogP contribution in [0.15, 0.2) is 11.9 Å². The summed E-state index contributed by atoms with van der Waals surface area (Å²) in [7, 11) is 1.70. The highest BCUT2D eigenvalue weighted by atomic mass is 16.2. The SMILES string of the molecule is C[C@@H]1CN(C2CCCC2)C(=N)/C(=C\N)N(C)C1=O. The zero-order valence-electron chi connectivity index (χ0n) is 11.1. The van der Waals surface area contributed by atoms with Crippen molar-refractivity contribution in [3.63, 3.8) is 0 Å². The summed E-state index contributed by atoms with van der Waals surface area (Å²) in [5.74, 6) is 0.343. The summed E-state index contributed by atoms with van der Waals surface area (Å²) in [6, 6.07) is 0.397. The lowest BCUT2D eigenvalue weighted by molar-refractivity contribution is -0.131. The third-order valence-corrected chi connectivity index (χ3v) is 4.04. The van der Waals surface area contributed by atoms with Crippen molar-refractivity contribution in [1.82, 2.24) is 9.80 Å². The number of nitrogens with zero attached hydrogens (tertiary/aromatic N) is 2. The fourth-order valence-corrected chi connectivity index (χ4v) is 2.96. The van der Waals surface area contributed by atoms with Crippen LogP contribution in [0, 0.1) is 11.3 Å². The van der Waals surface area contributed by atoms with Gasteiger partial charge in [-0.3, -0.25) is 10.2 Å². The highest BCUT2D eigenvalue weighted by Crippen LogP contribution is 2.28. The van der Waals surface area contributed by atoms with Crippen molar-refractivity contribution in [3.05, 3.63) is 11.9 Å². The van der Waals surface area contributed by atoms with Crippen LogP contribution in [-0.2, 0) is 4.79 Å². The Morgan fingerprint density at radius 2 is 2.00 bits per heavy atom. The van der Waals surface area contributed by atoms with Gasteiger partial charge in [0, 0.05) is 25.8 Å². The number of amidine groups is 1. The average molecular weight is 250 g/mol. The van der Waals surface area contributed by atoms with E-state index in [0.717, 1.165) is 12.8 Å². The lowest BCUT2D eigenvalue weighted by atomic mass is 10.1. The number of rotatable bonds is 1. The summed E-state index contributed by atoms with van der Waals surface area (Å²) >= 11 is 0. The first-order chi connectivity index (χ1) is 8.56. The molecule has 1 aliphatic carbocycles. The van der Waals surface area contributed by atoms with Crippen molar-refractivity contribution in [3.8, 4) is 0 Å². The molecule has 0 aromatic rings. The molecule has 1 saturated heterocycles. The number of hydrogen-bond acceptors (Lipinski definition) is 3. The molecule has 1 amide bonds. The van der Waals surface area contributed by atoms with E-state index in [1.165, 1.54) is 23.9 Å². The second-order valence-electron chi connectivity index (χ2n) is 5.29. The van der Waals surface area contributed by atoms with E-state index in [2.05, 4.69) is 4.90 Å². The third kappa shape index (κ3) is 2.09. The molecule has 0 aromatic heterocycles. The van der Waals surface area contributed by atoms with Crippen LogP contribution < -0.4 is 5.73 Å². The molecule has 3 N–H and O–H groups in total. The van der Waals surface area contributed by atoms with Crippen LogP contribution in [0.1, 0.15) is 32.6 Å². The molecule has 0 spiro atoms. The standard InChI is InChI=1S/C13H22N4O/c1-9-8-17(10-5-3-4-6-10)12(15)11(7-14)16(2)13(9)18/h7,9-10,15H,3-6,8,14H2,1-2H3/b11-7+,15-12?/t9-/m1/s1. The lowest BCUT2D eigenvalue weighted by Crippen LogP contribution is -2.41. The topological polar surface area (TPSA) is 73.4 Å². The smallest absolute Gasteiger partial charge is 0.231 e. The van der Waals surface area contributed by atoms with E-state index < -0.39 is 0 Å². The quantitative estimate of drug-likeness (QED) is 0.732. The Bertz CT molecular complexity index is 384. The first kappa shape index (κ1) is 12.9. The summed E-state index contributed by atoms with van der Waals surface area (Å²) in [5, 5.41) is 8.30. The Labute approximate surface area is 108 Å². The number of likely N-dealkylation sites (N-methyl/N-ethyl adjacent to an activating group) is 1. The predicted molar refractivity (Wildman–Crippen MR) is 70.9 cm³/mol. The molecule has 2 rings (SSSR count). The summed E-state index contributed by atoms with van der Waals surface area (Å²) in [6.45, 7) is 2.55. The molecular formula is C13H22N4O. The van der Waals surface area contributed by atoms with Gasteiger partial charge in [0.25, 0.3) is 0 Å². The minimum absolute atomic E-state index is 0.0388. The van der Waals surface area contributed by atoms with E-state index in [1.54, 1.807) is 7.05 Å². The van der Waals surface area contributed by atoms with Crippen molar-refractivity contribution in [2.24, 2.45) is 11.7 Å². The zero-order valence-corrected chi connectivity index (χ0v) is 11.1. The van der Waals surface area contributed by atoms with Gasteiger partial charge in [0.15, 0.2) is 0 Å². The van der Waals surface area contributed by atoms with E-state index in [0.29, 0.717) is 24.1 Å². The van der Waals surface area contributed by atoms with Crippen molar-refractivity contribution in [2.45, 2.75) is 38.6 Å². The molecule has 100 valence electrons.